The molecule has 0 aromatic rings. The number of aliphatic hydroxyl groups is 1. The Labute approximate surface area is 84.9 Å². The lowest BCUT2D eigenvalue weighted by Gasteiger charge is -2.47. The summed E-state index contributed by atoms with van der Waals surface area (Å²) in [6.45, 7) is 0.124. The molecule has 15 heavy (non-hydrogen) atoms. The lowest BCUT2D eigenvalue weighted by molar-refractivity contribution is -0.179. The van der Waals surface area contributed by atoms with Crippen LogP contribution < -0.4 is 0 Å². The highest BCUT2D eigenvalue weighted by molar-refractivity contribution is 5.78. The van der Waals surface area contributed by atoms with Gasteiger partial charge in [-0.05, 0) is 18.8 Å². The minimum atomic E-state index is -4.45. The number of hydrogen-bond donors (Lipinski definition) is 1. The minimum Gasteiger partial charge on any atom is -0.386 e. The maximum Gasteiger partial charge on any atom is 0.397 e. The van der Waals surface area contributed by atoms with Gasteiger partial charge in [0, 0.05) is 0 Å². The van der Waals surface area contributed by atoms with Crippen LogP contribution in [-0.2, 0) is 4.79 Å². The molecule has 2 fully saturated rings. The summed E-state index contributed by atoms with van der Waals surface area (Å²) in [7, 11) is 0. The fourth-order valence-corrected chi connectivity index (χ4v) is 1.95. The third-order valence-electron chi connectivity index (χ3n) is 2.97. The third kappa shape index (κ3) is 2.25. The van der Waals surface area contributed by atoms with Crippen molar-refractivity contribution in [2.45, 2.75) is 31.0 Å². The number of hydrogen-bond acceptors (Lipinski definition) is 2. The van der Waals surface area contributed by atoms with E-state index in [0.717, 1.165) is 17.7 Å². The zero-order chi connectivity index (χ0) is 11.3. The Balaban J connectivity index is 1.81. The Morgan fingerprint density at radius 1 is 1.40 bits per heavy atom. The smallest absolute Gasteiger partial charge is 0.386 e. The first-order valence-electron chi connectivity index (χ1n) is 4.87. The molecule has 0 atom stereocenters. The van der Waals surface area contributed by atoms with Gasteiger partial charge in [0.05, 0.1) is 13.1 Å². The molecule has 0 radical (unpaired) electrons. The second-order valence-electron chi connectivity index (χ2n) is 4.42. The molecule has 1 N–H and O–H groups in total. The first-order valence-corrected chi connectivity index (χ1v) is 4.87. The SMILES string of the molecule is O=C(CC(F)(F)F)N1CC(O)(C2CC2)C1. The van der Waals surface area contributed by atoms with Crippen molar-refractivity contribution in [1.82, 2.24) is 4.90 Å². The van der Waals surface area contributed by atoms with Crippen molar-refractivity contribution in [3.8, 4) is 0 Å². The highest BCUT2D eigenvalue weighted by Gasteiger charge is 2.53. The Kier molecular flexibility index (Phi) is 2.22. The number of alkyl halides is 3. The molecule has 0 bridgehead atoms. The summed E-state index contributed by atoms with van der Waals surface area (Å²) in [6.07, 6.45) is -4.05. The van der Waals surface area contributed by atoms with Crippen LogP contribution in [0, 0.1) is 5.92 Å². The lowest BCUT2D eigenvalue weighted by atomic mass is 9.88. The van der Waals surface area contributed by atoms with E-state index in [-0.39, 0.29) is 19.0 Å². The zero-order valence-electron chi connectivity index (χ0n) is 8.05. The molecule has 2 aliphatic rings. The van der Waals surface area contributed by atoms with Crippen molar-refractivity contribution >= 4 is 5.91 Å². The maximum absolute atomic E-state index is 11.9. The fraction of sp³-hybridized carbons (Fsp3) is 0.889. The van der Waals surface area contributed by atoms with Crippen molar-refractivity contribution < 1.29 is 23.1 Å². The first-order chi connectivity index (χ1) is 6.80. The molecule has 6 heteroatoms. The van der Waals surface area contributed by atoms with Crippen LogP contribution in [0.5, 0.6) is 0 Å². The van der Waals surface area contributed by atoms with Gasteiger partial charge in [0.1, 0.15) is 12.0 Å². The molecule has 0 unspecified atom stereocenters. The van der Waals surface area contributed by atoms with Crippen LogP contribution in [-0.4, -0.2) is 40.8 Å². The molecule has 0 aromatic heterocycles. The molecule has 1 saturated heterocycles. The molecule has 3 nitrogen and oxygen atoms in total. The summed E-state index contributed by atoms with van der Waals surface area (Å²) in [6, 6.07) is 0. The van der Waals surface area contributed by atoms with Gasteiger partial charge in [0.15, 0.2) is 0 Å². The number of carbonyl (C=O) groups is 1. The number of β-amino-alcohol motifs (C(OH)–C–C–N with tert-alkyl or cyclic N) is 1. The number of carbonyl (C=O) groups excluding carboxylic acids is 1. The van der Waals surface area contributed by atoms with Gasteiger partial charge in [-0.1, -0.05) is 0 Å². The Bertz CT molecular complexity index is 280. The molecule has 1 aliphatic heterocycles. The quantitative estimate of drug-likeness (QED) is 0.756. The van der Waals surface area contributed by atoms with E-state index in [1.54, 1.807) is 0 Å². The largest absolute Gasteiger partial charge is 0.397 e. The maximum atomic E-state index is 11.9. The van der Waals surface area contributed by atoms with Crippen LogP contribution in [0.4, 0.5) is 13.2 Å². The van der Waals surface area contributed by atoms with Gasteiger partial charge in [-0.15, -0.1) is 0 Å². The predicted molar refractivity (Wildman–Crippen MR) is 44.9 cm³/mol. The standard InChI is InChI=1S/C9H12F3NO2/c10-9(11,12)3-7(14)13-4-8(15,5-13)6-1-2-6/h6,15H,1-5H2. The summed E-state index contributed by atoms with van der Waals surface area (Å²) >= 11 is 0. The summed E-state index contributed by atoms with van der Waals surface area (Å²) in [5.74, 6) is -0.750. The summed E-state index contributed by atoms with van der Waals surface area (Å²) in [5, 5.41) is 9.79. The number of halogens is 3. The number of amides is 1. The average Bonchev–Trinajstić information content (AvgIpc) is 2.76. The topological polar surface area (TPSA) is 40.5 Å². The van der Waals surface area contributed by atoms with Crippen LogP contribution in [0.2, 0.25) is 0 Å². The normalized spacial score (nSPS) is 24.9. The van der Waals surface area contributed by atoms with Gasteiger partial charge < -0.3 is 10.0 Å². The predicted octanol–water partition coefficient (Wildman–Crippen LogP) is 0.922. The molecule has 1 amide bonds. The van der Waals surface area contributed by atoms with Gasteiger partial charge in [0.25, 0.3) is 0 Å². The van der Waals surface area contributed by atoms with Crippen LogP contribution >= 0.6 is 0 Å². The number of nitrogens with zero attached hydrogens (tertiary/aromatic N) is 1. The van der Waals surface area contributed by atoms with Gasteiger partial charge in [-0.2, -0.15) is 13.2 Å². The highest BCUT2D eigenvalue weighted by atomic mass is 19.4. The molecule has 2 rings (SSSR count). The van der Waals surface area contributed by atoms with Crippen LogP contribution in [0.3, 0.4) is 0 Å². The molecular formula is C9H12F3NO2. The van der Waals surface area contributed by atoms with E-state index in [2.05, 4.69) is 0 Å². The van der Waals surface area contributed by atoms with Crippen molar-refractivity contribution in [2.75, 3.05) is 13.1 Å². The summed E-state index contributed by atoms with van der Waals surface area (Å²) in [4.78, 5) is 12.1. The Hall–Kier alpha value is -0.780. The second-order valence-corrected chi connectivity index (χ2v) is 4.42. The second kappa shape index (κ2) is 3.10. The van der Waals surface area contributed by atoms with Gasteiger partial charge >= 0.3 is 6.18 Å². The fourth-order valence-electron chi connectivity index (χ4n) is 1.95. The van der Waals surface area contributed by atoms with Crippen molar-refractivity contribution in [3.05, 3.63) is 0 Å². The Morgan fingerprint density at radius 3 is 2.33 bits per heavy atom. The molecule has 1 aliphatic carbocycles. The van der Waals surface area contributed by atoms with Crippen LogP contribution in [0.25, 0.3) is 0 Å². The van der Waals surface area contributed by atoms with E-state index in [1.807, 2.05) is 0 Å². The van der Waals surface area contributed by atoms with Crippen molar-refractivity contribution in [1.29, 1.82) is 0 Å². The third-order valence-corrected chi connectivity index (χ3v) is 2.97. The average molecular weight is 223 g/mol. The monoisotopic (exact) mass is 223 g/mol. The molecule has 86 valence electrons. The van der Waals surface area contributed by atoms with E-state index < -0.39 is 24.1 Å². The highest BCUT2D eigenvalue weighted by Crippen LogP contribution is 2.44. The van der Waals surface area contributed by atoms with Gasteiger partial charge in [-0.25, -0.2) is 0 Å². The van der Waals surface area contributed by atoms with Crippen molar-refractivity contribution in [2.24, 2.45) is 5.92 Å². The Morgan fingerprint density at radius 2 is 1.93 bits per heavy atom. The molecule has 1 saturated carbocycles. The van der Waals surface area contributed by atoms with Crippen LogP contribution in [0.1, 0.15) is 19.3 Å². The van der Waals surface area contributed by atoms with E-state index in [4.69, 9.17) is 0 Å². The van der Waals surface area contributed by atoms with Gasteiger partial charge in [-0.3, -0.25) is 4.79 Å². The van der Waals surface area contributed by atoms with Crippen molar-refractivity contribution in [3.63, 3.8) is 0 Å². The van der Waals surface area contributed by atoms with E-state index >= 15 is 0 Å². The molecular weight excluding hydrogens is 211 g/mol. The van der Waals surface area contributed by atoms with E-state index in [0.29, 0.717) is 0 Å². The molecule has 0 spiro atoms. The van der Waals surface area contributed by atoms with Crippen LogP contribution in [0.15, 0.2) is 0 Å². The van der Waals surface area contributed by atoms with E-state index in [1.165, 1.54) is 0 Å². The summed E-state index contributed by atoms with van der Waals surface area (Å²) in [5.41, 5.74) is -0.902. The first kappa shape index (κ1) is 10.7. The summed E-state index contributed by atoms with van der Waals surface area (Å²) < 4.78 is 35.6. The van der Waals surface area contributed by atoms with Gasteiger partial charge in [0.2, 0.25) is 5.91 Å². The number of likely N-dealkylation sites (tertiary alicyclic amines) is 1. The van der Waals surface area contributed by atoms with E-state index in [9.17, 15) is 23.1 Å². The molecule has 0 aromatic carbocycles. The number of rotatable bonds is 2. The molecule has 1 heterocycles. The lowest BCUT2D eigenvalue weighted by Crippen LogP contribution is -2.65. The minimum absolute atomic E-state index is 0.0621. The zero-order valence-corrected chi connectivity index (χ0v) is 8.05.